The predicted octanol–water partition coefficient (Wildman–Crippen LogP) is 17.6. The van der Waals surface area contributed by atoms with Gasteiger partial charge in [0.05, 0.1) is 55.5 Å². The van der Waals surface area contributed by atoms with Gasteiger partial charge in [-0.2, -0.15) is 9.97 Å². The molecule has 17 rings (SSSR count). The summed E-state index contributed by atoms with van der Waals surface area (Å²) in [4.78, 5) is 26.4. The monoisotopic (exact) mass is 1060 g/mol. The zero-order valence-electron chi connectivity index (χ0n) is 44.7. The lowest BCUT2D eigenvalue weighted by Crippen LogP contribution is -2.08. The van der Waals surface area contributed by atoms with Crippen LogP contribution in [0.25, 0.3) is 144 Å². The van der Waals surface area contributed by atoms with Crippen molar-refractivity contribution in [3.8, 4) is 57.2 Å². The molecule has 0 radical (unpaired) electrons. The van der Waals surface area contributed by atoms with Crippen LogP contribution in [0.15, 0.2) is 273 Å². The first-order valence-electron chi connectivity index (χ1n) is 28.0. The zero-order chi connectivity index (χ0) is 54.5. The molecule has 0 aliphatic carbocycles. The van der Waals surface area contributed by atoms with E-state index >= 15 is 0 Å². The van der Waals surface area contributed by atoms with Gasteiger partial charge in [0.1, 0.15) is 5.82 Å². The van der Waals surface area contributed by atoms with Gasteiger partial charge in [-0.25, -0.2) is 15.0 Å². The van der Waals surface area contributed by atoms with Gasteiger partial charge < -0.3 is 9.13 Å². The summed E-state index contributed by atoms with van der Waals surface area (Å²) in [6, 6.07) is 96.7. The smallest absolute Gasteiger partial charge is 0.238 e. The van der Waals surface area contributed by atoms with E-state index in [4.69, 9.17) is 24.9 Å². The van der Waals surface area contributed by atoms with Crippen LogP contribution in [-0.2, 0) is 6.42 Å². The molecule has 0 atom stereocenters. The maximum absolute atomic E-state index is 5.38. The van der Waals surface area contributed by atoms with Crippen molar-refractivity contribution in [3.05, 3.63) is 284 Å². The first kappa shape index (κ1) is 46.6. The number of para-hydroxylation sites is 4. The molecule has 9 nitrogen and oxygen atoms in total. The SMILES string of the molecule is c1ccc(Cc2nc(-c3ccccc3)nc(-n3c4ccccc4c4c5c6ccccc6n(-c6cccc(-n7c8ccccc8c8cc9c%10ccccc%10n(-c%10nc(-c%11ccccc%11)cc(-c%11ccccc%11)n%10)c9cc87)c6)c5ccc43)n2)cc1. The highest BCUT2D eigenvalue weighted by Crippen LogP contribution is 2.44. The highest BCUT2D eigenvalue weighted by atomic mass is 15.2. The van der Waals surface area contributed by atoms with Crippen LogP contribution >= 0.6 is 0 Å². The Kier molecular flexibility index (Phi) is 10.5. The van der Waals surface area contributed by atoms with Crippen LogP contribution in [0.3, 0.4) is 0 Å². The van der Waals surface area contributed by atoms with Crippen molar-refractivity contribution < 1.29 is 0 Å². The minimum absolute atomic E-state index is 0.572. The number of hydrogen-bond donors (Lipinski definition) is 0. The summed E-state index contributed by atoms with van der Waals surface area (Å²) in [5, 5.41) is 9.22. The van der Waals surface area contributed by atoms with Gasteiger partial charge in [0, 0.05) is 77.6 Å². The number of hydrogen-bond acceptors (Lipinski definition) is 5. The molecule has 0 bridgehead atoms. The molecule has 0 N–H and O–H groups in total. The molecule has 9 heteroatoms. The summed E-state index contributed by atoms with van der Waals surface area (Å²) in [5.74, 6) is 2.54. The molecule has 0 unspecified atom stereocenters. The van der Waals surface area contributed by atoms with E-state index in [1.165, 1.54) is 16.2 Å². The fraction of sp³-hybridized carbons (Fsp3) is 0.0135. The van der Waals surface area contributed by atoms with Gasteiger partial charge in [-0.05, 0) is 78.4 Å². The van der Waals surface area contributed by atoms with Gasteiger partial charge in [0.2, 0.25) is 11.9 Å². The van der Waals surface area contributed by atoms with Crippen molar-refractivity contribution in [2.24, 2.45) is 0 Å². The molecular weight excluding hydrogens is 1010 g/mol. The van der Waals surface area contributed by atoms with E-state index < -0.39 is 0 Å². The van der Waals surface area contributed by atoms with E-state index in [1.54, 1.807) is 0 Å². The molecule has 0 aliphatic heterocycles. The molecule has 0 fully saturated rings. The van der Waals surface area contributed by atoms with Gasteiger partial charge in [-0.1, -0.05) is 200 Å². The Bertz CT molecular complexity index is 5350. The lowest BCUT2D eigenvalue weighted by molar-refractivity contribution is 0.874. The predicted molar refractivity (Wildman–Crippen MR) is 338 cm³/mol. The second kappa shape index (κ2) is 18.7. The van der Waals surface area contributed by atoms with Gasteiger partial charge >= 0.3 is 0 Å². The average molecular weight is 1060 g/mol. The van der Waals surface area contributed by atoms with Gasteiger partial charge in [0.15, 0.2) is 5.82 Å². The third kappa shape index (κ3) is 7.45. The van der Waals surface area contributed by atoms with Crippen LogP contribution in [0, 0.1) is 0 Å². The van der Waals surface area contributed by atoms with Crippen molar-refractivity contribution in [2.75, 3.05) is 0 Å². The number of fused-ring (bicyclic) bond motifs is 13. The highest BCUT2D eigenvalue weighted by molar-refractivity contribution is 6.29. The summed E-state index contributed by atoms with van der Waals surface area (Å²) < 4.78 is 9.34. The van der Waals surface area contributed by atoms with Crippen LogP contribution < -0.4 is 0 Å². The maximum Gasteiger partial charge on any atom is 0.238 e. The van der Waals surface area contributed by atoms with Crippen molar-refractivity contribution in [1.29, 1.82) is 0 Å². The molecule has 0 aliphatic rings. The Hall–Kier alpha value is -11.3. The van der Waals surface area contributed by atoms with Crippen LogP contribution in [0.1, 0.15) is 11.4 Å². The fourth-order valence-corrected chi connectivity index (χ4v) is 12.8. The molecule has 0 spiro atoms. The van der Waals surface area contributed by atoms with E-state index in [2.05, 4.69) is 255 Å². The minimum Gasteiger partial charge on any atom is -0.309 e. The standard InChI is InChI=1S/C74H47N9/c1-5-22-47(23-6-1)42-69-77-72(50-28-11-4-12-29-50)79-74(78-69)82-64-39-20-16-35-56(64)71-66(82)41-40-65-70(71)55-34-15-19-38-63(55)80(65)51-30-21-31-52(43-51)81-61-36-17-13-32-53(61)57-44-58-54-33-14-18-37-62(54)83(68(58)46-67(57)81)73-75-59(48-24-7-2-8-25-48)45-60(76-73)49-26-9-3-10-27-49/h1-41,43-46H,42H2. The third-order valence-corrected chi connectivity index (χ3v) is 16.4. The van der Waals surface area contributed by atoms with Crippen LogP contribution in [0.5, 0.6) is 0 Å². The van der Waals surface area contributed by atoms with E-state index in [9.17, 15) is 0 Å². The van der Waals surface area contributed by atoms with Gasteiger partial charge in [-0.15, -0.1) is 0 Å². The Labute approximate surface area is 475 Å². The molecule has 6 heterocycles. The second-order valence-electron chi connectivity index (χ2n) is 21.2. The molecular formula is C74H47N9. The third-order valence-electron chi connectivity index (χ3n) is 16.4. The van der Waals surface area contributed by atoms with E-state index in [0.717, 1.165) is 116 Å². The Morgan fingerprint density at radius 3 is 1.25 bits per heavy atom. The summed E-state index contributed by atoms with van der Waals surface area (Å²) in [6.07, 6.45) is 0.572. The topological polar surface area (TPSA) is 84.2 Å². The fourth-order valence-electron chi connectivity index (χ4n) is 12.8. The van der Waals surface area contributed by atoms with Gasteiger partial charge in [-0.3, -0.25) is 9.13 Å². The number of benzene rings is 11. The van der Waals surface area contributed by atoms with Crippen molar-refractivity contribution in [1.82, 2.24) is 43.2 Å². The summed E-state index contributed by atoms with van der Waals surface area (Å²) in [6.45, 7) is 0. The van der Waals surface area contributed by atoms with Gasteiger partial charge in [0.25, 0.3) is 0 Å². The van der Waals surface area contributed by atoms with Crippen LogP contribution in [0.2, 0.25) is 0 Å². The summed E-state index contributed by atoms with van der Waals surface area (Å²) in [5.41, 5.74) is 16.5. The maximum atomic E-state index is 5.38. The molecule has 0 amide bonds. The summed E-state index contributed by atoms with van der Waals surface area (Å²) >= 11 is 0. The number of nitrogens with zero attached hydrogens (tertiary/aromatic N) is 9. The van der Waals surface area contributed by atoms with E-state index in [-0.39, 0.29) is 0 Å². The second-order valence-corrected chi connectivity index (χ2v) is 21.2. The minimum atomic E-state index is 0.572. The Morgan fingerprint density at radius 2 is 0.675 bits per heavy atom. The van der Waals surface area contributed by atoms with Crippen molar-refractivity contribution >= 4 is 87.2 Å². The number of rotatable bonds is 9. The quantitative estimate of drug-likeness (QED) is 0.144. The molecule has 83 heavy (non-hydrogen) atoms. The Balaban J connectivity index is 0.872. The molecule has 11 aromatic carbocycles. The first-order chi connectivity index (χ1) is 41.2. The summed E-state index contributed by atoms with van der Waals surface area (Å²) in [7, 11) is 0. The van der Waals surface area contributed by atoms with Crippen LogP contribution in [0.4, 0.5) is 0 Å². The molecule has 388 valence electrons. The molecule has 17 aromatic rings. The van der Waals surface area contributed by atoms with E-state index in [1.807, 2.05) is 36.4 Å². The van der Waals surface area contributed by atoms with Crippen molar-refractivity contribution in [2.45, 2.75) is 6.42 Å². The highest BCUT2D eigenvalue weighted by Gasteiger charge is 2.25. The van der Waals surface area contributed by atoms with Crippen LogP contribution in [-0.4, -0.2) is 43.2 Å². The largest absolute Gasteiger partial charge is 0.309 e. The first-order valence-corrected chi connectivity index (χ1v) is 28.0. The lowest BCUT2D eigenvalue weighted by atomic mass is 10.1. The molecule has 6 aromatic heterocycles. The lowest BCUT2D eigenvalue weighted by Gasteiger charge is -2.14. The average Bonchev–Trinajstić information content (AvgIpc) is 2.35. The molecule has 0 saturated carbocycles. The Morgan fingerprint density at radius 1 is 0.253 bits per heavy atom. The zero-order valence-corrected chi connectivity index (χ0v) is 44.7. The van der Waals surface area contributed by atoms with E-state index in [0.29, 0.717) is 30.0 Å². The normalized spacial score (nSPS) is 11.9. The number of aromatic nitrogens is 9. The van der Waals surface area contributed by atoms with Crippen molar-refractivity contribution in [3.63, 3.8) is 0 Å². The molecule has 0 saturated heterocycles.